The molecule has 27 heavy (non-hydrogen) atoms. The fourth-order valence-electron chi connectivity index (χ4n) is 3.07. The van der Waals surface area contributed by atoms with Crippen molar-refractivity contribution in [3.05, 3.63) is 59.9 Å². The number of amides is 1. The standard InChI is InChI=1S/C22H27N3O2/c1-15(23-21(26)22(2,3)4)20-24-17-11-7-8-12-18(17)25(20)14-16-10-6-9-13-19(16)27-5/h6-13,15H,14H2,1-5H3,(H,23,26). The summed E-state index contributed by atoms with van der Waals surface area (Å²) in [7, 11) is 1.68. The number of aromatic nitrogens is 2. The molecule has 1 atom stereocenters. The van der Waals surface area contributed by atoms with Gasteiger partial charge in [0, 0.05) is 11.0 Å². The first-order chi connectivity index (χ1) is 12.8. The normalized spacial score (nSPS) is 12.8. The van der Waals surface area contributed by atoms with Gasteiger partial charge in [0.25, 0.3) is 0 Å². The zero-order valence-corrected chi connectivity index (χ0v) is 16.6. The van der Waals surface area contributed by atoms with Crippen LogP contribution >= 0.6 is 0 Å². The maximum atomic E-state index is 12.5. The molecule has 0 aliphatic carbocycles. The number of hydrogen-bond acceptors (Lipinski definition) is 3. The Morgan fingerprint density at radius 1 is 1.15 bits per heavy atom. The molecule has 142 valence electrons. The summed E-state index contributed by atoms with van der Waals surface area (Å²) in [6.07, 6.45) is 0. The number of carbonyl (C=O) groups is 1. The van der Waals surface area contributed by atoms with Crippen LogP contribution in [0.3, 0.4) is 0 Å². The number of carbonyl (C=O) groups excluding carboxylic acids is 1. The number of hydrogen-bond donors (Lipinski definition) is 1. The van der Waals surface area contributed by atoms with Gasteiger partial charge in [0.05, 0.1) is 30.7 Å². The Morgan fingerprint density at radius 2 is 1.81 bits per heavy atom. The van der Waals surface area contributed by atoms with Crippen LogP contribution in [0.4, 0.5) is 0 Å². The summed E-state index contributed by atoms with van der Waals surface area (Å²) in [4.78, 5) is 17.3. The highest BCUT2D eigenvalue weighted by molar-refractivity contribution is 5.82. The van der Waals surface area contributed by atoms with E-state index in [4.69, 9.17) is 9.72 Å². The largest absolute Gasteiger partial charge is 0.496 e. The summed E-state index contributed by atoms with van der Waals surface area (Å²) in [5.41, 5.74) is 2.57. The summed E-state index contributed by atoms with van der Waals surface area (Å²) in [6.45, 7) is 8.33. The maximum Gasteiger partial charge on any atom is 0.225 e. The Bertz CT molecular complexity index is 954. The summed E-state index contributed by atoms with van der Waals surface area (Å²) in [5, 5.41) is 3.10. The first-order valence-corrected chi connectivity index (χ1v) is 9.19. The quantitative estimate of drug-likeness (QED) is 0.733. The highest BCUT2D eigenvalue weighted by Crippen LogP contribution is 2.26. The molecule has 1 heterocycles. The number of para-hydroxylation sites is 3. The Labute approximate surface area is 160 Å². The van der Waals surface area contributed by atoms with Crippen molar-refractivity contribution < 1.29 is 9.53 Å². The average molecular weight is 365 g/mol. The predicted molar refractivity (Wildman–Crippen MR) is 108 cm³/mol. The highest BCUT2D eigenvalue weighted by Gasteiger charge is 2.25. The van der Waals surface area contributed by atoms with E-state index in [1.54, 1.807) is 7.11 Å². The van der Waals surface area contributed by atoms with Crippen LogP contribution in [0.1, 0.15) is 45.1 Å². The second-order valence-corrected chi connectivity index (χ2v) is 7.80. The van der Waals surface area contributed by atoms with Gasteiger partial charge in [0.2, 0.25) is 5.91 Å². The van der Waals surface area contributed by atoms with Crippen LogP contribution in [0.2, 0.25) is 0 Å². The Hall–Kier alpha value is -2.82. The van der Waals surface area contributed by atoms with Gasteiger partial charge in [0.15, 0.2) is 0 Å². The molecular formula is C22H27N3O2. The summed E-state index contributed by atoms with van der Waals surface area (Å²) < 4.78 is 7.67. The van der Waals surface area contributed by atoms with Crippen molar-refractivity contribution in [1.82, 2.24) is 14.9 Å². The van der Waals surface area contributed by atoms with E-state index >= 15 is 0 Å². The zero-order chi connectivity index (χ0) is 19.6. The van der Waals surface area contributed by atoms with Gasteiger partial charge in [-0.25, -0.2) is 4.98 Å². The van der Waals surface area contributed by atoms with E-state index in [1.807, 2.05) is 64.1 Å². The van der Waals surface area contributed by atoms with Crippen LogP contribution in [0, 0.1) is 5.41 Å². The Morgan fingerprint density at radius 3 is 2.52 bits per heavy atom. The number of imidazole rings is 1. The van der Waals surface area contributed by atoms with Crippen LogP contribution in [0.15, 0.2) is 48.5 Å². The van der Waals surface area contributed by atoms with Crippen molar-refractivity contribution in [3.63, 3.8) is 0 Å². The molecule has 1 N–H and O–H groups in total. The number of nitrogens with zero attached hydrogens (tertiary/aromatic N) is 2. The third kappa shape index (κ3) is 3.97. The Balaban J connectivity index is 2.03. The summed E-state index contributed by atoms with van der Waals surface area (Å²) in [6, 6.07) is 15.8. The lowest BCUT2D eigenvalue weighted by Crippen LogP contribution is -2.37. The van der Waals surface area contributed by atoms with Crippen LogP contribution in [-0.2, 0) is 11.3 Å². The lowest BCUT2D eigenvalue weighted by molar-refractivity contribution is -0.129. The van der Waals surface area contributed by atoms with E-state index in [9.17, 15) is 4.79 Å². The van der Waals surface area contributed by atoms with Crippen molar-refractivity contribution in [2.45, 2.75) is 40.3 Å². The molecule has 0 saturated heterocycles. The Kier molecular flexibility index (Phi) is 5.22. The SMILES string of the molecule is COc1ccccc1Cn1c(C(C)NC(=O)C(C)(C)C)nc2ccccc21. The molecule has 5 nitrogen and oxygen atoms in total. The molecule has 0 spiro atoms. The van der Waals surface area contributed by atoms with Crippen molar-refractivity contribution in [2.75, 3.05) is 7.11 Å². The van der Waals surface area contributed by atoms with E-state index in [0.717, 1.165) is 28.2 Å². The molecule has 0 radical (unpaired) electrons. The number of methoxy groups -OCH3 is 1. The predicted octanol–water partition coefficient (Wildman–Crippen LogP) is 4.32. The fourth-order valence-corrected chi connectivity index (χ4v) is 3.07. The fraction of sp³-hybridized carbons (Fsp3) is 0.364. The van der Waals surface area contributed by atoms with Crippen LogP contribution in [0.5, 0.6) is 5.75 Å². The number of rotatable bonds is 5. The minimum Gasteiger partial charge on any atom is -0.496 e. The van der Waals surface area contributed by atoms with Gasteiger partial charge in [-0.1, -0.05) is 51.1 Å². The molecule has 5 heteroatoms. The highest BCUT2D eigenvalue weighted by atomic mass is 16.5. The number of ether oxygens (including phenoxy) is 1. The van der Waals surface area contributed by atoms with Gasteiger partial charge in [-0.05, 0) is 25.1 Å². The van der Waals surface area contributed by atoms with Crippen LogP contribution in [-0.4, -0.2) is 22.6 Å². The minimum atomic E-state index is -0.451. The van der Waals surface area contributed by atoms with Crippen molar-refractivity contribution >= 4 is 16.9 Å². The van der Waals surface area contributed by atoms with E-state index in [1.165, 1.54) is 0 Å². The number of nitrogens with one attached hydrogen (secondary N) is 1. The van der Waals surface area contributed by atoms with E-state index in [-0.39, 0.29) is 11.9 Å². The lowest BCUT2D eigenvalue weighted by Gasteiger charge is -2.22. The molecule has 0 bridgehead atoms. The topological polar surface area (TPSA) is 56.1 Å². The molecule has 0 aliphatic heterocycles. The monoisotopic (exact) mass is 365 g/mol. The van der Waals surface area contributed by atoms with Crippen molar-refractivity contribution in [3.8, 4) is 5.75 Å². The maximum absolute atomic E-state index is 12.5. The van der Waals surface area contributed by atoms with Crippen LogP contribution in [0.25, 0.3) is 11.0 Å². The first kappa shape index (κ1) is 19.0. The summed E-state index contributed by atoms with van der Waals surface area (Å²) in [5.74, 6) is 1.68. The molecule has 1 unspecified atom stereocenters. The van der Waals surface area contributed by atoms with Gasteiger partial charge in [0.1, 0.15) is 11.6 Å². The third-order valence-electron chi connectivity index (χ3n) is 4.62. The zero-order valence-electron chi connectivity index (χ0n) is 16.6. The molecule has 3 rings (SSSR count). The summed E-state index contributed by atoms with van der Waals surface area (Å²) >= 11 is 0. The molecule has 2 aromatic carbocycles. The van der Waals surface area contributed by atoms with Gasteiger partial charge < -0.3 is 14.6 Å². The molecule has 0 saturated carbocycles. The first-order valence-electron chi connectivity index (χ1n) is 9.19. The second-order valence-electron chi connectivity index (χ2n) is 7.80. The van der Waals surface area contributed by atoms with Crippen molar-refractivity contribution in [2.24, 2.45) is 5.41 Å². The number of fused-ring (bicyclic) bond motifs is 1. The van der Waals surface area contributed by atoms with Gasteiger partial charge in [-0.15, -0.1) is 0 Å². The van der Waals surface area contributed by atoms with E-state index in [0.29, 0.717) is 6.54 Å². The smallest absolute Gasteiger partial charge is 0.225 e. The molecule has 1 amide bonds. The molecule has 0 fully saturated rings. The van der Waals surface area contributed by atoms with Crippen molar-refractivity contribution in [1.29, 1.82) is 0 Å². The molecular weight excluding hydrogens is 338 g/mol. The van der Waals surface area contributed by atoms with Gasteiger partial charge >= 0.3 is 0 Å². The molecule has 3 aromatic rings. The van der Waals surface area contributed by atoms with Crippen LogP contribution < -0.4 is 10.1 Å². The van der Waals surface area contributed by atoms with Gasteiger partial charge in [-0.3, -0.25) is 4.79 Å². The van der Waals surface area contributed by atoms with E-state index < -0.39 is 5.41 Å². The minimum absolute atomic E-state index is 0.00546. The van der Waals surface area contributed by atoms with Gasteiger partial charge in [-0.2, -0.15) is 0 Å². The molecule has 0 aliphatic rings. The average Bonchev–Trinajstić information content (AvgIpc) is 3.00. The third-order valence-corrected chi connectivity index (χ3v) is 4.62. The van der Waals surface area contributed by atoms with E-state index in [2.05, 4.69) is 22.0 Å². The molecule has 1 aromatic heterocycles. The number of benzene rings is 2. The lowest BCUT2D eigenvalue weighted by atomic mass is 9.95. The second kappa shape index (κ2) is 7.43.